The number of hydrogen-bond donors (Lipinski definition) is 0. The van der Waals surface area contributed by atoms with Crippen molar-refractivity contribution >= 4 is 0 Å². The van der Waals surface area contributed by atoms with Crippen LogP contribution in [-0.4, -0.2) is 24.3 Å². The smallest absolute Gasteiger partial charge is 0.140 e. The fourth-order valence-corrected chi connectivity index (χ4v) is 4.38. The topological polar surface area (TPSA) is 31.4 Å². The molecular weight excluding hydrogens is 274 g/mol. The van der Waals surface area contributed by atoms with Crippen LogP contribution in [0.25, 0.3) is 0 Å². The molecule has 0 bridgehead atoms. The lowest BCUT2D eigenvalue weighted by Gasteiger charge is -2.42. The minimum absolute atomic E-state index is 0.122. The molecule has 0 radical (unpaired) electrons. The van der Waals surface area contributed by atoms with E-state index in [0.717, 1.165) is 36.8 Å². The summed E-state index contributed by atoms with van der Waals surface area (Å²) < 4.78 is 11.9. The summed E-state index contributed by atoms with van der Waals surface area (Å²) in [5.41, 5.74) is 2.47. The molecule has 1 aliphatic heterocycles. The maximum atomic E-state index is 6.42. The van der Waals surface area contributed by atoms with E-state index in [-0.39, 0.29) is 5.60 Å². The van der Waals surface area contributed by atoms with Gasteiger partial charge in [-0.15, -0.1) is 0 Å². The number of hydrogen-bond acceptors (Lipinski definition) is 3. The summed E-state index contributed by atoms with van der Waals surface area (Å²) in [4.78, 5) is 4.34. The van der Waals surface area contributed by atoms with Crippen LogP contribution >= 0.6 is 0 Å². The van der Waals surface area contributed by atoms with Crippen LogP contribution in [0.1, 0.15) is 62.6 Å². The molecule has 1 saturated heterocycles. The molecule has 22 heavy (non-hydrogen) atoms. The Bertz CT molecular complexity index is 488. The summed E-state index contributed by atoms with van der Waals surface area (Å²) in [6.45, 7) is 3.00. The van der Waals surface area contributed by atoms with Crippen LogP contribution in [0, 0.1) is 12.8 Å². The molecule has 0 amide bonds. The van der Waals surface area contributed by atoms with Gasteiger partial charge in [-0.25, -0.2) is 0 Å². The van der Waals surface area contributed by atoms with E-state index in [9.17, 15) is 0 Å². The van der Waals surface area contributed by atoms with Gasteiger partial charge in [-0.05, 0) is 69.4 Å². The van der Waals surface area contributed by atoms with Crippen molar-refractivity contribution in [1.29, 1.82) is 0 Å². The molecule has 2 heterocycles. The van der Waals surface area contributed by atoms with Crippen molar-refractivity contribution in [3.05, 3.63) is 23.5 Å². The fraction of sp³-hybridized carbons (Fsp3) is 0.737. The van der Waals surface area contributed by atoms with Crippen molar-refractivity contribution in [2.75, 3.05) is 13.7 Å². The molecule has 3 nitrogen and oxygen atoms in total. The normalized spacial score (nSPS) is 26.3. The van der Waals surface area contributed by atoms with Crippen LogP contribution in [-0.2, 0) is 11.2 Å². The van der Waals surface area contributed by atoms with Gasteiger partial charge in [0, 0.05) is 12.3 Å². The first kappa shape index (κ1) is 15.8. The third kappa shape index (κ3) is 3.29. The number of aryl methyl sites for hydroxylation is 2. The van der Waals surface area contributed by atoms with E-state index in [1.165, 1.54) is 50.5 Å². The van der Waals surface area contributed by atoms with Crippen LogP contribution < -0.4 is 4.74 Å². The van der Waals surface area contributed by atoms with Gasteiger partial charge in [0.1, 0.15) is 5.75 Å². The number of nitrogens with zero attached hydrogens (tertiary/aromatic N) is 1. The maximum absolute atomic E-state index is 6.42. The van der Waals surface area contributed by atoms with Crippen molar-refractivity contribution in [1.82, 2.24) is 4.98 Å². The van der Waals surface area contributed by atoms with E-state index < -0.39 is 0 Å². The molecule has 1 aromatic rings. The number of methoxy groups -OCH3 is 1. The second-order valence-corrected chi connectivity index (χ2v) is 6.99. The monoisotopic (exact) mass is 303 g/mol. The van der Waals surface area contributed by atoms with Gasteiger partial charge in [0.15, 0.2) is 0 Å². The Kier molecular flexibility index (Phi) is 5.02. The Morgan fingerprint density at radius 2 is 2.09 bits per heavy atom. The highest BCUT2D eigenvalue weighted by Gasteiger charge is 2.41. The number of ether oxygens (including phenoxy) is 2. The maximum Gasteiger partial charge on any atom is 0.140 e. The van der Waals surface area contributed by atoms with Gasteiger partial charge in [0.2, 0.25) is 0 Å². The highest BCUT2D eigenvalue weighted by molar-refractivity contribution is 5.32. The molecule has 122 valence electrons. The minimum Gasteiger partial charge on any atom is -0.495 e. The molecule has 1 unspecified atom stereocenters. The molecule has 3 heteroatoms. The van der Waals surface area contributed by atoms with Crippen molar-refractivity contribution in [3.8, 4) is 5.75 Å². The van der Waals surface area contributed by atoms with Gasteiger partial charge in [0.25, 0.3) is 0 Å². The Labute approximate surface area is 134 Å². The largest absolute Gasteiger partial charge is 0.495 e. The highest BCUT2D eigenvalue weighted by Crippen LogP contribution is 2.44. The Morgan fingerprint density at radius 3 is 2.77 bits per heavy atom. The number of aromatic nitrogens is 1. The molecule has 1 atom stereocenters. The summed E-state index contributed by atoms with van der Waals surface area (Å²) in [5.74, 6) is 1.68. The lowest BCUT2D eigenvalue weighted by Crippen LogP contribution is -2.43. The van der Waals surface area contributed by atoms with E-state index in [1.54, 1.807) is 7.11 Å². The molecule has 2 fully saturated rings. The van der Waals surface area contributed by atoms with Crippen LogP contribution in [0.4, 0.5) is 0 Å². The number of rotatable bonds is 5. The lowest BCUT2D eigenvalue weighted by molar-refractivity contribution is -0.120. The first-order valence-corrected chi connectivity index (χ1v) is 8.87. The quantitative estimate of drug-likeness (QED) is 0.804. The zero-order valence-corrected chi connectivity index (χ0v) is 14.1. The average Bonchev–Trinajstić information content (AvgIpc) is 3.09. The zero-order valence-electron chi connectivity index (χ0n) is 14.1. The van der Waals surface area contributed by atoms with Crippen LogP contribution in [0.3, 0.4) is 0 Å². The molecule has 1 aromatic heterocycles. The predicted molar refractivity (Wildman–Crippen MR) is 88.3 cm³/mol. The molecular formula is C19H29NO2. The molecule has 3 rings (SSSR count). The van der Waals surface area contributed by atoms with E-state index >= 15 is 0 Å². The van der Waals surface area contributed by atoms with Gasteiger partial charge in [-0.2, -0.15) is 0 Å². The summed E-state index contributed by atoms with van der Waals surface area (Å²) >= 11 is 0. The molecule has 2 aliphatic rings. The van der Waals surface area contributed by atoms with Crippen LogP contribution in [0.15, 0.2) is 12.3 Å². The van der Waals surface area contributed by atoms with Crippen molar-refractivity contribution in [2.24, 2.45) is 5.92 Å². The third-order valence-corrected chi connectivity index (χ3v) is 5.61. The van der Waals surface area contributed by atoms with Crippen LogP contribution in [0.2, 0.25) is 0 Å². The molecule has 0 spiro atoms. The lowest BCUT2D eigenvalue weighted by atomic mass is 9.76. The fourth-order valence-electron chi connectivity index (χ4n) is 4.38. The van der Waals surface area contributed by atoms with E-state index in [4.69, 9.17) is 9.47 Å². The summed E-state index contributed by atoms with van der Waals surface area (Å²) in [7, 11) is 1.74. The van der Waals surface area contributed by atoms with Crippen molar-refractivity contribution in [2.45, 2.75) is 70.3 Å². The Morgan fingerprint density at radius 1 is 1.27 bits per heavy atom. The molecule has 0 aromatic carbocycles. The first-order valence-electron chi connectivity index (χ1n) is 8.87. The van der Waals surface area contributed by atoms with Crippen molar-refractivity contribution < 1.29 is 9.47 Å². The standard InChI is InChI=1S/C19H29NO2/c1-15-13-16(18(21-2)14-20-15)9-11-19(10-5-6-12-22-19)17-7-3-4-8-17/h13-14,17H,3-12H2,1-2H3. The number of pyridine rings is 1. The van der Waals surface area contributed by atoms with E-state index in [1.807, 2.05) is 13.1 Å². The van der Waals surface area contributed by atoms with E-state index in [2.05, 4.69) is 11.1 Å². The predicted octanol–water partition coefficient (Wildman–Crippen LogP) is 4.46. The third-order valence-electron chi connectivity index (χ3n) is 5.61. The summed E-state index contributed by atoms with van der Waals surface area (Å²) in [5, 5.41) is 0. The second kappa shape index (κ2) is 6.99. The molecule has 0 N–H and O–H groups in total. The van der Waals surface area contributed by atoms with Gasteiger partial charge in [-0.3, -0.25) is 4.98 Å². The van der Waals surface area contributed by atoms with Gasteiger partial charge in [-0.1, -0.05) is 12.8 Å². The van der Waals surface area contributed by atoms with Gasteiger partial charge < -0.3 is 9.47 Å². The Balaban J connectivity index is 1.75. The molecule has 1 aliphatic carbocycles. The van der Waals surface area contributed by atoms with Gasteiger partial charge in [0.05, 0.1) is 18.9 Å². The minimum atomic E-state index is 0.122. The van der Waals surface area contributed by atoms with Crippen molar-refractivity contribution in [3.63, 3.8) is 0 Å². The van der Waals surface area contributed by atoms with E-state index in [0.29, 0.717) is 0 Å². The highest BCUT2D eigenvalue weighted by atomic mass is 16.5. The van der Waals surface area contributed by atoms with Crippen LogP contribution in [0.5, 0.6) is 5.75 Å². The second-order valence-electron chi connectivity index (χ2n) is 6.99. The Hall–Kier alpha value is -1.09. The first-order chi connectivity index (χ1) is 10.7. The zero-order chi connectivity index (χ0) is 15.4. The SMILES string of the molecule is COc1cnc(C)cc1CCC1(C2CCCC2)CCCCO1. The summed E-state index contributed by atoms with van der Waals surface area (Å²) in [6, 6.07) is 2.17. The average molecular weight is 303 g/mol. The molecule has 1 saturated carbocycles. The summed E-state index contributed by atoms with van der Waals surface area (Å²) in [6.07, 6.45) is 13.3. The van der Waals surface area contributed by atoms with Gasteiger partial charge >= 0.3 is 0 Å².